The summed E-state index contributed by atoms with van der Waals surface area (Å²) < 4.78 is 10.6. The van der Waals surface area contributed by atoms with Gasteiger partial charge >= 0.3 is 0 Å². The fourth-order valence-corrected chi connectivity index (χ4v) is 1.68. The highest BCUT2D eigenvalue weighted by atomic mass is 79.9. The Bertz CT molecular complexity index is 491. The number of nitrogens with one attached hydrogen (secondary N) is 1. The van der Waals surface area contributed by atoms with Crippen LogP contribution in [0.25, 0.3) is 0 Å². The fourth-order valence-electron chi connectivity index (χ4n) is 1.58. The van der Waals surface area contributed by atoms with E-state index in [1.54, 1.807) is 32.0 Å². The third kappa shape index (κ3) is 2.77. The van der Waals surface area contributed by atoms with Gasteiger partial charge in [0.1, 0.15) is 0 Å². The fraction of sp³-hybridized carbons (Fsp3) is 0.462. The van der Waals surface area contributed by atoms with Gasteiger partial charge in [0.25, 0.3) is 0 Å². The Balaban J connectivity index is 2.17. The molecule has 98 valence electrons. The van der Waals surface area contributed by atoms with Crippen molar-refractivity contribution >= 4 is 27.5 Å². The van der Waals surface area contributed by atoms with Crippen LogP contribution in [0.15, 0.2) is 18.2 Å². The van der Waals surface area contributed by atoms with Crippen molar-refractivity contribution in [3.63, 3.8) is 0 Å². The second-order valence-electron chi connectivity index (χ2n) is 5.19. The molecule has 0 saturated carbocycles. The number of benzene rings is 1. The molecule has 0 spiro atoms. The number of fused-ring (bicyclic) bond motifs is 1. The van der Waals surface area contributed by atoms with Gasteiger partial charge in [-0.05, 0) is 26.0 Å². The molecule has 1 aromatic carbocycles. The summed E-state index contributed by atoms with van der Waals surface area (Å²) >= 11 is 3.31. The van der Waals surface area contributed by atoms with Gasteiger partial charge in [0, 0.05) is 25.6 Å². The number of ether oxygens (including phenoxy) is 2. The summed E-state index contributed by atoms with van der Waals surface area (Å²) in [6, 6.07) is 5.35. The van der Waals surface area contributed by atoms with Crippen molar-refractivity contribution in [1.29, 1.82) is 0 Å². The molecule has 5 heteroatoms. The number of hydrogen-bond acceptors (Lipinski definition) is 3. The van der Waals surface area contributed by atoms with Gasteiger partial charge < -0.3 is 14.8 Å². The molecule has 0 radical (unpaired) electrons. The number of halogens is 1. The van der Waals surface area contributed by atoms with Crippen molar-refractivity contribution in [2.45, 2.75) is 37.8 Å². The molecule has 2 rings (SSSR count). The minimum atomic E-state index is -0.653. The SMILES string of the molecule is CC1(C)Oc2ccc(NC(=O)C(C)(C)Br)cc2O1. The Morgan fingerprint density at radius 1 is 1.28 bits per heavy atom. The minimum absolute atomic E-state index is 0.111. The summed E-state index contributed by atoms with van der Waals surface area (Å²) in [6.45, 7) is 7.26. The molecule has 0 aliphatic carbocycles. The molecular weight excluding hydrogens is 298 g/mol. The zero-order valence-electron chi connectivity index (χ0n) is 10.8. The summed E-state index contributed by atoms with van der Waals surface area (Å²) in [4.78, 5) is 11.8. The van der Waals surface area contributed by atoms with Crippen molar-refractivity contribution in [2.24, 2.45) is 0 Å². The van der Waals surface area contributed by atoms with Crippen LogP contribution in [0.1, 0.15) is 27.7 Å². The Labute approximate surface area is 115 Å². The van der Waals surface area contributed by atoms with Crippen LogP contribution in [0.5, 0.6) is 11.5 Å². The predicted molar refractivity (Wildman–Crippen MR) is 73.4 cm³/mol. The van der Waals surface area contributed by atoms with Crippen molar-refractivity contribution < 1.29 is 14.3 Å². The number of alkyl halides is 1. The lowest BCUT2D eigenvalue weighted by atomic mass is 10.2. The second-order valence-corrected chi connectivity index (χ2v) is 7.17. The van der Waals surface area contributed by atoms with Gasteiger partial charge in [-0.3, -0.25) is 4.79 Å². The van der Waals surface area contributed by atoms with E-state index < -0.39 is 10.1 Å². The maximum atomic E-state index is 11.8. The van der Waals surface area contributed by atoms with Gasteiger partial charge in [-0.2, -0.15) is 0 Å². The average Bonchev–Trinajstić information content (AvgIpc) is 2.49. The third-order valence-electron chi connectivity index (χ3n) is 2.45. The van der Waals surface area contributed by atoms with Crippen molar-refractivity contribution in [3.8, 4) is 11.5 Å². The molecule has 1 amide bonds. The summed E-state index contributed by atoms with van der Waals surface area (Å²) in [5.41, 5.74) is 0.688. The van der Waals surface area contributed by atoms with E-state index in [1.807, 2.05) is 13.8 Å². The van der Waals surface area contributed by atoms with Gasteiger partial charge in [-0.15, -0.1) is 0 Å². The van der Waals surface area contributed by atoms with E-state index in [4.69, 9.17) is 9.47 Å². The first-order valence-corrected chi connectivity index (χ1v) is 6.49. The molecule has 1 aromatic rings. The molecule has 18 heavy (non-hydrogen) atoms. The zero-order chi connectivity index (χ0) is 13.6. The van der Waals surface area contributed by atoms with E-state index >= 15 is 0 Å². The van der Waals surface area contributed by atoms with E-state index in [2.05, 4.69) is 21.2 Å². The molecule has 1 aliphatic heterocycles. The normalized spacial score (nSPS) is 16.5. The first-order valence-electron chi connectivity index (χ1n) is 5.70. The maximum absolute atomic E-state index is 11.8. The standard InChI is InChI=1S/C13H16BrNO3/c1-12(2,14)11(16)15-8-5-6-9-10(7-8)18-13(3,4)17-9/h5-7H,1-4H3,(H,15,16). The van der Waals surface area contributed by atoms with Gasteiger partial charge in [0.05, 0.1) is 4.32 Å². The third-order valence-corrected chi connectivity index (χ3v) is 2.81. The Kier molecular flexibility index (Phi) is 3.05. The Hall–Kier alpha value is -1.23. The van der Waals surface area contributed by atoms with Crippen LogP contribution in [0.3, 0.4) is 0 Å². The molecule has 0 bridgehead atoms. The van der Waals surface area contributed by atoms with E-state index in [0.29, 0.717) is 17.2 Å². The highest BCUT2D eigenvalue weighted by Crippen LogP contribution is 2.40. The van der Waals surface area contributed by atoms with Crippen LogP contribution >= 0.6 is 15.9 Å². The average molecular weight is 314 g/mol. The number of carbonyl (C=O) groups is 1. The predicted octanol–water partition coefficient (Wildman–Crippen LogP) is 3.31. The quantitative estimate of drug-likeness (QED) is 0.852. The van der Waals surface area contributed by atoms with E-state index in [-0.39, 0.29) is 5.91 Å². The molecule has 0 unspecified atom stereocenters. The van der Waals surface area contributed by atoms with Crippen molar-refractivity contribution in [3.05, 3.63) is 18.2 Å². The van der Waals surface area contributed by atoms with E-state index in [9.17, 15) is 4.79 Å². The van der Waals surface area contributed by atoms with Crippen LogP contribution in [0.4, 0.5) is 5.69 Å². The van der Waals surface area contributed by atoms with E-state index in [1.165, 1.54) is 0 Å². The molecule has 0 fully saturated rings. The monoisotopic (exact) mass is 313 g/mol. The summed E-state index contributed by atoms with van der Waals surface area (Å²) in [5, 5.41) is 2.82. The Morgan fingerprint density at radius 3 is 2.50 bits per heavy atom. The molecule has 0 atom stereocenters. The first-order chi connectivity index (χ1) is 8.17. The summed E-state index contributed by atoms with van der Waals surface area (Å²) in [7, 11) is 0. The van der Waals surface area contributed by atoms with Gasteiger partial charge in [-0.25, -0.2) is 0 Å². The lowest BCUT2D eigenvalue weighted by Gasteiger charge is -2.16. The number of amides is 1. The topological polar surface area (TPSA) is 47.6 Å². The molecule has 4 nitrogen and oxygen atoms in total. The number of rotatable bonds is 2. The summed E-state index contributed by atoms with van der Waals surface area (Å²) in [5.74, 6) is 0.571. The maximum Gasteiger partial charge on any atom is 0.246 e. The van der Waals surface area contributed by atoms with Crippen LogP contribution in [0, 0.1) is 0 Å². The highest BCUT2D eigenvalue weighted by Gasteiger charge is 2.32. The number of anilines is 1. The van der Waals surface area contributed by atoms with Crippen LogP contribution in [0.2, 0.25) is 0 Å². The first kappa shape index (κ1) is 13.2. The van der Waals surface area contributed by atoms with E-state index in [0.717, 1.165) is 0 Å². The molecule has 0 saturated heterocycles. The van der Waals surface area contributed by atoms with Crippen LogP contribution in [-0.4, -0.2) is 16.0 Å². The number of hydrogen-bond donors (Lipinski definition) is 1. The zero-order valence-corrected chi connectivity index (χ0v) is 12.4. The smallest absolute Gasteiger partial charge is 0.246 e. The largest absolute Gasteiger partial charge is 0.449 e. The van der Waals surface area contributed by atoms with Crippen molar-refractivity contribution in [2.75, 3.05) is 5.32 Å². The molecular formula is C13H16BrNO3. The molecule has 0 aromatic heterocycles. The summed E-state index contributed by atoms with van der Waals surface area (Å²) in [6.07, 6.45) is 0. The van der Waals surface area contributed by atoms with Gasteiger partial charge in [0.2, 0.25) is 11.7 Å². The molecule has 1 aliphatic rings. The van der Waals surface area contributed by atoms with Gasteiger partial charge in [-0.1, -0.05) is 15.9 Å². The minimum Gasteiger partial charge on any atom is -0.449 e. The highest BCUT2D eigenvalue weighted by molar-refractivity contribution is 9.10. The Morgan fingerprint density at radius 2 is 1.89 bits per heavy atom. The molecule has 1 heterocycles. The van der Waals surface area contributed by atoms with Crippen LogP contribution in [-0.2, 0) is 4.79 Å². The van der Waals surface area contributed by atoms with Crippen LogP contribution < -0.4 is 14.8 Å². The lowest BCUT2D eigenvalue weighted by Crippen LogP contribution is -2.31. The lowest BCUT2D eigenvalue weighted by molar-refractivity contribution is -0.117. The van der Waals surface area contributed by atoms with Crippen molar-refractivity contribution in [1.82, 2.24) is 0 Å². The van der Waals surface area contributed by atoms with Gasteiger partial charge in [0.15, 0.2) is 11.5 Å². The number of carbonyl (C=O) groups excluding carboxylic acids is 1. The molecule has 1 N–H and O–H groups in total. The second kappa shape index (κ2) is 4.16.